The van der Waals surface area contributed by atoms with E-state index >= 15 is 0 Å². The molecule has 1 spiro atoms. The number of rotatable bonds is 0. The van der Waals surface area contributed by atoms with Gasteiger partial charge in [-0.15, -0.1) is 11.3 Å². The van der Waals surface area contributed by atoms with Gasteiger partial charge in [0.1, 0.15) is 0 Å². The summed E-state index contributed by atoms with van der Waals surface area (Å²) in [6.45, 7) is 7.44. The third kappa shape index (κ3) is 3.30. The predicted molar refractivity (Wildman–Crippen MR) is 219 cm³/mol. The Hall–Kier alpha value is -5.84. The zero-order valence-electron chi connectivity index (χ0n) is 29.5. The van der Waals surface area contributed by atoms with Gasteiger partial charge in [0.2, 0.25) is 11.4 Å². The fourth-order valence-corrected chi connectivity index (χ4v) is 12.4. The molecule has 3 aliphatic rings. The van der Waals surface area contributed by atoms with Crippen molar-refractivity contribution >= 4 is 75.3 Å². The van der Waals surface area contributed by atoms with Gasteiger partial charge in [-0.1, -0.05) is 54.6 Å². The highest BCUT2D eigenvalue weighted by atomic mass is 32.1. The lowest BCUT2D eigenvalue weighted by molar-refractivity contribution is -0.815. The molecule has 3 nitrogen and oxygen atoms in total. The van der Waals surface area contributed by atoms with Crippen molar-refractivity contribution in [2.75, 3.05) is 0 Å². The summed E-state index contributed by atoms with van der Waals surface area (Å²) in [7, 11) is 0. The summed E-state index contributed by atoms with van der Waals surface area (Å²) < 4.78 is 10.4. The molecule has 4 heteroatoms. The Morgan fingerprint density at radius 1 is 0.660 bits per heavy atom. The van der Waals surface area contributed by atoms with Crippen molar-refractivity contribution in [1.29, 1.82) is 0 Å². The van der Waals surface area contributed by atoms with Crippen LogP contribution in [-0.2, 0) is 23.8 Å². The smallest absolute Gasteiger partial charge is 0.218 e. The zero-order valence-corrected chi connectivity index (χ0v) is 30.3. The van der Waals surface area contributed by atoms with Crippen LogP contribution in [0.25, 0.3) is 86.5 Å². The number of nitrogens with zero attached hydrogens (tertiary/aromatic N) is 3. The molecule has 8 heterocycles. The van der Waals surface area contributed by atoms with E-state index in [0.717, 1.165) is 31.4 Å². The average Bonchev–Trinajstić information content (AvgIpc) is 3.84. The zero-order chi connectivity index (χ0) is 34.8. The molecule has 0 bridgehead atoms. The maximum absolute atomic E-state index is 4.85. The van der Waals surface area contributed by atoms with Gasteiger partial charge >= 0.3 is 0 Å². The van der Waals surface area contributed by atoms with Gasteiger partial charge in [0.25, 0.3) is 0 Å². The van der Waals surface area contributed by atoms with Crippen molar-refractivity contribution in [3.05, 3.63) is 157 Å². The molecular formula is C49H35N3S+2. The molecule has 2 unspecified atom stereocenters. The number of hydrogen-bond acceptors (Lipinski definition) is 1. The van der Waals surface area contributed by atoms with Gasteiger partial charge in [-0.05, 0) is 86.0 Å². The molecular weight excluding hydrogens is 663 g/mol. The third-order valence-electron chi connectivity index (χ3n) is 13.7. The molecule has 250 valence electrons. The number of hydrogen-bond donors (Lipinski definition) is 0. The van der Waals surface area contributed by atoms with E-state index in [-0.39, 0.29) is 11.0 Å². The fourth-order valence-electron chi connectivity index (χ4n) is 11.3. The van der Waals surface area contributed by atoms with Crippen LogP contribution in [-0.4, -0.2) is 4.40 Å². The number of pyridine rings is 2. The van der Waals surface area contributed by atoms with Gasteiger partial charge in [-0.25, -0.2) is 0 Å². The van der Waals surface area contributed by atoms with Crippen LogP contribution in [0.4, 0.5) is 0 Å². The molecule has 0 N–H and O–H groups in total. The van der Waals surface area contributed by atoms with E-state index in [4.69, 9.17) is 6.58 Å². The van der Waals surface area contributed by atoms with Crippen LogP contribution in [0.2, 0.25) is 0 Å². The Labute approximate surface area is 310 Å². The summed E-state index contributed by atoms with van der Waals surface area (Å²) in [6, 6.07) is 48.5. The second-order valence-corrected chi connectivity index (χ2v) is 17.1. The average molecular weight is 698 g/mol. The number of fused-ring (bicyclic) bond motifs is 16. The van der Waals surface area contributed by atoms with Crippen LogP contribution in [0.3, 0.4) is 0 Å². The molecule has 13 rings (SSSR count). The van der Waals surface area contributed by atoms with E-state index in [1.807, 2.05) is 11.3 Å². The van der Waals surface area contributed by atoms with E-state index < -0.39 is 0 Å². The van der Waals surface area contributed by atoms with Crippen molar-refractivity contribution in [3.63, 3.8) is 0 Å². The van der Waals surface area contributed by atoms with Crippen molar-refractivity contribution in [3.8, 4) is 22.5 Å². The number of aromatic nitrogens is 3. The minimum atomic E-state index is -0.153. The number of aryl methyl sites for hydroxylation is 1. The number of allylic oxidation sites excluding steroid dienone is 1. The highest BCUT2D eigenvalue weighted by Gasteiger charge is 2.68. The van der Waals surface area contributed by atoms with E-state index in [1.165, 1.54) is 97.6 Å². The molecule has 0 aliphatic carbocycles. The summed E-state index contributed by atoms with van der Waals surface area (Å²) in [4.78, 5) is 0. The number of para-hydroxylation sites is 1. The van der Waals surface area contributed by atoms with Gasteiger partial charge < -0.3 is 4.40 Å². The highest BCUT2D eigenvalue weighted by molar-refractivity contribution is 7.26. The van der Waals surface area contributed by atoms with Crippen molar-refractivity contribution in [2.45, 2.75) is 43.6 Å². The minimum Gasteiger partial charge on any atom is -0.308 e. The van der Waals surface area contributed by atoms with Crippen LogP contribution in [0, 0.1) is 0 Å². The quantitative estimate of drug-likeness (QED) is 0.140. The van der Waals surface area contributed by atoms with Crippen LogP contribution >= 0.6 is 11.3 Å². The second kappa shape index (κ2) is 9.57. The summed E-state index contributed by atoms with van der Waals surface area (Å²) in [6.07, 6.45) is 6.20. The van der Waals surface area contributed by atoms with Crippen molar-refractivity contribution in [2.24, 2.45) is 0 Å². The molecule has 5 aromatic heterocycles. The lowest BCUT2D eigenvalue weighted by Crippen LogP contribution is -2.79. The van der Waals surface area contributed by atoms with E-state index in [9.17, 15) is 0 Å². The molecule has 3 aliphatic heterocycles. The number of thiophene rings is 1. The van der Waals surface area contributed by atoms with Crippen LogP contribution in [0.5, 0.6) is 0 Å². The normalized spacial score (nSPS) is 20.4. The first-order chi connectivity index (χ1) is 26.0. The van der Waals surface area contributed by atoms with Crippen LogP contribution in [0.1, 0.15) is 36.6 Å². The molecule has 0 fully saturated rings. The van der Waals surface area contributed by atoms with Gasteiger partial charge in [0, 0.05) is 71.5 Å². The lowest BCUT2D eigenvalue weighted by atomic mass is 9.54. The predicted octanol–water partition coefficient (Wildman–Crippen LogP) is 11.1. The van der Waals surface area contributed by atoms with Crippen molar-refractivity contribution in [1.82, 2.24) is 4.40 Å². The summed E-state index contributed by atoms with van der Waals surface area (Å²) in [5, 5.41) is 8.17. The molecule has 2 atom stereocenters. The molecule has 0 saturated carbocycles. The molecule has 53 heavy (non-hydrogen) atoms. The van der Waals surface area contributed by atoms with Crippen LogP contribution in [0.15, 0.2) is 140 Å². The van der Waals surface area contributed by atoms with Gasteiger partial charge in [0.05, 0.1) is 40.4 Å². The maximum atomic E-state index is 4.85. The minimum absolute atomic E-state index is 0.134. The molecule has 5 aromatic carbocycles. The fraction of sp³-hybridized carbons (Fsp3) is 0.143. The largest absolute Gasteiger partial charge is 0.308 e. The first-order valence-electron chi connectivity index (χ1n) is 18.9. The summed E-state index contributed by atoms with van der Waals surface area (Å²) in [5.74, 6) is 0. The first-order valence-corrected chi connectivity index (χ1v) is 19.7. The molecule has 10 aromatic rings. The maximum Gasteiger partial charge on any atom is 0.218 e. The van der Waals surface area contributed by atoms with E-state index in [2.05, 4.69) is 154 Å². The monoisotopic (exact) mass is 697 g/mol. The Morgan fingerprint density at radius 2 is 1.47 bits per heavy atom. The third-order valence-corrected chi connectivity index (χ3v) is 14.8. The van der Waals surface area contributed by atoms with Crippen LogP contribution < -0.4 is 9.13 Å². The topological polar surface area (TPSA) is 12.2 Å². The Kier molecular flexibility index (Phi) is 5.19. The first kappa shape index (κ1) is 28.7. The Balaban J connectivity index is 1.14. The Morgan fingerprint density at radius 3 is 2.43 bits per heavy atom. The summed E-state index contributed by atoms with van der Waals surface area (Å²) >= 11 is 1.91. The SMILES string of the molecule is C=C1CC23Cc4cccc([n+]42)-c2cc4c5cccc6c7c8c(ccc7n(c4cc2C3(C)CCc2ccccc2-c2cccc[n+]21)c56)sc1ccccc18. The second-order valence-electron chi connectivity index (χ2n) is 16.0. The van der Waals surface area contributed by atoms with Gasteiger partial charge in [-0.3, -0.25) is 0 Å². The van der Waals surface area contributed by atoms with E-state index in [1.54, 1.807) is 0 Å². The standard InChI is InChI=1S/C49H35N3S/c1-29-27-49-28-31-12-9-18-40(52(31)49)37-25-36-33-15-10-16-35-45-41(20-21-44-46(45)34-14-5-6-19-43(34)53-44)51(47(33)35)42(36)26-38(37)48(49,2)23-22-30-11-3-4-13-32(30)39-17-7-8-24-50(29)39/h3-21,24-26H,1,22-23,27-28H2,2H3/q+2. The van der Waals surface area contributed by atoms with Gasteiger partial charge in [-0.2, -0.15) is 9.13 Å². The number of benzene rings is 5. The highest BCUT2D eigenvalue weighted by Crippen LogP contribution is 2.58. The van der Waals surface area contributed by atoms with Gasteiger partial charge in [0.15, 0.2) is 23.1 Å². The molecule has 0 saturated heterocycles. The Bertz CT molecular complexity index is 3290. The molecule has 0 radical (unpaired) electrons. The summed E-state index contributed by atoms with van der Waals surface area (Å²) in [5.41, 5.74) is 14.4. The molecule has 0 amide bonds. The van der Waals surface area contributed by atoms with Crippen molar-refractivity contribution < 1.29 is 9.13 Å². The lowest BCUT2D eigenvalue weighted by Gasteiger charge is -2.53. The van der Waals surface area contributed by atoms with E-state index in [0.29, 0.717) is 0 Å².